The maximum Gasteiger partial charge on any atom is 0.243 e. The van der Waals surface area contributed by atoms with Gasteiger partial charge in [0.15, 0.2) is 10.6 Å². The molecule has 1 aromatic carbocycles. The third kappa shape index (κ3) is 4.23. The van der Waals surface area contributed by atoms with E-state index in [2.05, 4.69) is 11.5 Å². The Labute approximate surface area is 173 Å². The van der Waals surface area contributed by atoms with E-state index in [1.54, 1.807) is 30.5 Å². The van der Waals surface area contributed by atoms with Crippen molar-refractivity contribution in [2.75, 3.05) is 26.3 Å². The molecule has 0 N–H and O–H groups in total. The van der Waals surface area contributed by atoms with Gasteiger partial charge in [-0.2, -0.15) is 4.31 Å². The summed E-state index contributed by atoms with van der Waals surface area (Å²) in [6.45, 7) is 4.57. The minimum atomic E-state index is -3.50. The van der Waals surface area contributed by atoms with Crippen molar-refractivity contribution in [1.29, 1.82) is 0 Å². The number of thiazole rings is 1. The fraction of sp³-hybridized carbons (Fsp3) is 0.350. The fourth-order valence-corrected chi connectivity index (χ4v) is 5.56. The number of aromatic nitrogens is 1. The van der Waals surface area contributed by atoms with Gasteiger partial charge in [-0.15, -0.1) is 11.3 Å². The highest BCUT2D eigenvalue weighted by atomic mass is 32.2. The summed E-state index contributed by atoms with van der Waals surface area (Å²) < 4.78 is 39.9. The monoisotopic (exact) mass is 433 g/mol. The van der Waals surface area contributed by atoms with E-state index < -0.39 is 10.0 Å². The lowest BCUT2D eigenvalue weighted by Crippen LogP contribution is -2.40. The highest BCUT2D eigenvalue weighted by Gasteiger charge is 2.26. The summed E-state index contributed by atoms with van der Waals surface area (Å²) in [6.07, 6.45) is 2.63. The van der Waals surface area contributed by atoms with Crippen molar-refractivity contribution >= 4 is 27.0 Å². The van der Waals surface area contributed by atoms with E-state index in [-0.39, 0.29) is 4.90 Å². The molecule has 154 valence electrons. The van der Waals surface area contributed by atoms with Crippen LogP contribution in [0.15, 0.2) is 62.3 Å². The van der Waals surface area contributed by atoms with E-state index in [0.717, 1.165) is 29.2 Å². The molecule has 1 fully saturated rings. The zero-order chi connectivity index (χ0) is 20.3. The van der Waals surface area contributed by atoms with Crippen LogP contribution in [0.5, 0.6) is 0 Å². The zero-order valence-electron chi connectivity index (χ0n) is 16.2. The molecule has 0 radical (unpaired) electrons. The van der Waals surface area contributed by atoms with Crippen LogP contribution >= 0.6 is 11.3 Å². The summed E-state index contributed by atoms with van der Waals surface area (Å²) in [5.74, 6) is 0.808. The Hall–Kier alpha value is -2.20. The lowest BCUT2D eigenvalue weighted by atomic mass is 10.3. The average Bonchev–Trinajstić information content (AvgIpc) is 3.40. The zero-order valence-corrected chi connectivity index (χ0v) is 17.8. The number of benzene rings is 1. The quantitative estimate of drug-likeness (QED) is 0.596. The molecule has 0 atom stereocenters. The number of ether oxygens (including phenoxy) is 1. The fourth-order valence-electron chi connectivity index (χ4n) is 3.22. The van der Waals surface area contributed by atoms with Gasteiger partial charge in [-0.3, -0.25) is 0 Å². The molecule has 3 aromatic rings. The molecule has 0 spiro atoms. The summed E-state index contributed by atoms with van der Waals surface area (Å²) in [7, 11) is -3.50. The van der Waals surface area contributed by atoms with Crippen LogP contribution in [0, 0.1) is 0 Å². The van der Waals surface area contributed by atoms with Crippen LogP contribution in [0.1, 0.15) is 13.3 Å². The predicted molar refractivity (Wildman–Crippen MR) is 112 cm³/mol. The Morgan fingerprint density at radius 1 is 1.14 bits per heavy atom. The molecule has 3 heterocycles. The van der Waals surface area contributed by atoms with Gasteiger partial charge in [0.1, 0.15) is 0 Å². The third-order valence-corrected chi connectivity index (χ3v) is 7.46. The number of nitrogens with zero attached hydrogens (tertiary/aromatic N) is 3. The smallest absolute Gasteiger partial charge is 0.243 e. The molecule has 1 saturated heterocycles. The Bertz CT molecular complexity index is 1110. The van der Waals surface area contributed by atoms with Crippen LogP contribution < -0.4 is 4.80 Å². The van der Waals surface area contributed by atoms with Crippen molar-refractivity contribution in [2.45, 2.75) is 24.8 Å². The summed E-state index contributed by atoms with van der Waals surface area (Å²) in [5, 5.41) is 2.03. The SMILES string of the molecule is CCCn1c(-c2ccco2)csc1=Nc1ccc(S(=O)(=O)N2CCOCC2)cc1. The first-order valence-corrected chi connectivity index (χ1v) is 11.9. The van der Waals surface area contributed by atoms with Crippen molar-refractivity contribution in [1.82, 2.24) is 8.87 Å². The van der Waals surface area contributed by atoms with Crippen LogP contribution in [0.2, 0.25) is 0 Å². The van der Waals surface area contributed by atoms with Gasteiger partial charge in [-0.1, -0.05) is 6.92 Å². The van der Waals surface area contributed by atoms with Crippen molar-refractivity contribution < 1.29 is 17.6 Å². The second kappa shape index (κ2) is 8.66. The number of hydrogen-bond acceptors (Lipinski definition) is 6. The first kappa shape index (κ1) is 20.1. The van der Waals surface area contributed by atoms with E-state index >= 15 is 0 Å². The number of furan rings is 1. The van der Waals surface area contributed by atoms with Crippen LogP contribution in [-0.2, 0) is 21.3 Å². The van der Waals surface area contributed by atoms with Crippen molar-refractivity contribution in [3.05, 3.63) is 52.8 Å². The Morgan fingerprint density at radius 3 is 2.55 bits per heavy atom. The highest BCUT2D eigenvalue weighted by Crippen LogP contribution is 2.23. The van der Waals surface area contributed by atoms with Crippen LogP contribution in [0.4, 0.5) is 5.69 Å². The molecular weight excluding hydrogens is 410 g/mol. The lowest BCUT2D eigenvalue weighted by Gasteiger charge is -2.26. The van der Waals surface area contributed by atoms with E-state index in [1.165, 1.54) is 15.6 Å². The molecule has 0 amide bonds. The molecule has 9 heteroatoms. The van der Waals surface area contributed by atoms with Gasteiger partial charge in [0, 0.05) is 25.0 Å². The molecule has 29 heavy (non-hydrogen) atoms. The second-order valence-electron chi connectivity index (χ2n) is 6.65. The van der Waals surface area contributed by atoms with Crippen molar-refractivity contribution in [2.24, 2.45) is 4.99 Å². The number of sulfonamides is 1. The van der Waals surface area contributed by atoms with Crippen LogP contribution in [0.3, 0.4) is 0 Å². The molecule has 0 saturated carbocycles. The molecule has 0 aliphatic carbocycles. The minimum Gasteiger partial charge on any atom is -0.463 e. The second-order valence-corrected chi connectivity index (χ2v) is 9.43. The maximum atomic E-state index is 12.8. The first-order valence-electron chi connectivity index (χ1n) is 9.54. The summed E-state index contributed by atoms with van der Waals surface area (Å²) >= 11 is 1.54. The molecular formula is C20H23N3O4S2. The topological polar surface area (TPSA) is 77.0 Å². The van der Waals surface area contributed by atoms with Gasteiger partial charge < -0.3 is 13.7 Å². The summed E-state index contributed by atoms with van der Waals surface area (Å²) in [6, 6.07) is 10.5. The van der Waals surface area contributed by atoms with Gasteiger partial charge in [0.05, 0.1) is 35.8 Å². The molecule has 0 bridgehead atoms. The Morgan fingerprint density at radius 2 is 1.90 bits per heavy atom. The number of rotatable bonds is 6. The standard InChI is InChI=1S/C20H23N3O4S2/c1-2-9-23-18(19-4-3-12-27-19)15-28-20(23)21-16-5-7-17(8-6-16)29(24,25)22-10-13-26-14-11-22/h3-8,12,15H,2,9-11,13-14H2,1H3. The first-order chi connectivity index (χ1) is 14.1. The molecule has 7 nitrogen and oxygen atoms in total. The van der Waals surface area contributed by atoms with Crippen molar-refractivity contribution in [3.63, 3.8) is 0 Å². The van der Waals surface area contributed by atoms with E-state index in [1.807, 2.05) is 17.5 Å². The minimum absolute atomic E-state index is 0.280. The van der Waals surface area contributed by atoms with Gasteiger partial charge >= 0.3 is 0 Å². The Kier molecular flexibility index (Phi) is 6.00. The van der Waals surface area contributed by atoms with Crippen molar-refractivity contribution in [3.8, 4) is 11.5 Å². The van der Waals surface area contributed by atoms with Crippen LogP contribution in [0.25, 0.3) is 11.5 Å². The van der Waals surface area contributed by atoms with Gasteiger partial charge in [0.25, 0.3) is 0 Å². The van der Waals surface area contributed by atoms with Gasteiger partial charge in [-0.05, 0) is 42.8 Å². The van der Waals surface area contributed by atoms with E-state index in [9.17, 15) is 8.42 Å². The maximum absolute atomic E-state index is 12.8. The summed E-state index contributed by atoms with van der Waals surface area (Å²) in [4.78, 5) is 5.87. The largest absolute Gasteiger partial charge is 0.463 e. The third-order valence-electron chi connectivity index (χ3n) is 4.69. The molecule has 1 aliphatic rings. The molecule has 0 unspecified atom stereocenters. The average molecular weight is 434 g/mol. The number of hydrogen-bond donors (Lipinski definition) is 0. The molecule has 2 aromatic heterocycles. The predicted octanol–water partition coefficient (Wildman–Crippen LogP) is 3.47. The number of morpholine rings is 1. The van der Waals surface area contributed by atoms with Gasteiger partial charge in [-0.25, -0.2) is 13.4 Å². The highest BCUT2D eigenvalue weighted by molar-refractivity contribution is 7.89. The normalized spacial score (nSPS) is 16.4. The summed E-state index contributed by atoms with van der Waals surface area (Å²) in [5.41, 5.74) is 1.70. The van der Waals surface area contributed by atoms with E-state index in [0.29, 0.717) is 32.0 Å². The van der Waals surface area contributed by atoms with Gasteiger partial charge in [0.2, 0.25) is 10.0 Å². The van der Waals surface area contributed by atoms with E-state index in [4.69, 9.17) is 14.1 Å². The molecule has 1 aliphatic heterocycles. The molecule has 4 rings (SSSR count). The van der Waals surface area contributed by atoms with Crippen LogP contribution in [-0.4, -0.2) is 43.6 Å². The Balaban J connectivity index is 1.64. The lowest BCUT2D eigenvalue weighted by molar-refractivity contribution is 0.0730.